The van der Waals surface area contributed by atoms with Crippen molar-refractivity contribution in [1.82, 2.24) is 19.6 Å². The second-order valence-electron chi connectivity index (χ2n) is 23.6. The Balaban J connectivity index is 0.000000156. The summed E-state index contributed by atoms with van der Waals surface area (Å²) in [6.45, 7) is 4.96. The fraction of sp³-hybridized carbons (Fsp3) is 0.500. The number of phenolic OH excluding ortho intramolecular Hbond substituents is 2. The zero-order valence-electron chi connectivity index (χ0n) is 43.2. The van der Waals surface area contributed by atoms with E-state index in [-0.39, 0.29) is 10.8 Å². The van der Waals surface area contributed by atoms with Crippen molar-refractivity contribution in [3.05, 3.63) is 165 Å². The predicted molar refractivity (Wildman–Crippen MR) is 285 cm³/mol. The molecule has 0 radical (unpaired) electrons. The van der Waals surface area contributed by atoms with Crippen LogP contribution in [0.3, 0.4) is 0 Å². The largest absolute Gasteiger partial charge is 0.508 e. The third-order valence-corrected chi connectivity index (χ3v) is 19.5. The van der Waals surface area contributed by atoms with Gasteiger partial charge in [0.25, 0.3) is 0 Å². The minimum absolute atomic E-state index is 0.119. The van der Waals surface area contributed by atoms with Crippen LogP contribution in [0.1, 0.15) is 183 Å². The van der Waals surface area contributed by atoms with Crippen LogP contribution in [0.4, 0.5) is 0 Å². The van der Waals surface area contributed by atoms with Crippen molar-refractivity contribution in [3.63, 3.8) is 0 Å². The number of fused-ring (bicyclic) bond motifs is 14. The highest BCUT2D eigenvalue weighted by atomic mass is 16.3. The summed E-state index contributed by atoms with van der Waals surface area (Å²) in [6, 6.07) is 32.8. The lowest BCUT2D eigenvalue weighted by molar-refractivity contribution is -0.120. The highest BCUT2D eigenvalue weighted by Crippen LogP contribution is 2.66. The number of aryl methyl sites for hydroxylation is 6. The van der Waals surface area contributed by atoms with Gasteiger partial charge in [-0.3, -0.25) is 19.0 Å². The molecule has 6 aromatic rings. The van der Waals surface area contributed by atoms with Crippen LogP contribution in [0.25, 0.3) is 0 Å². The van der Waals surface area contributed by atoms with E-state index in [9.17, 15) is 19.8 Å². The Kier molecular flexibility index (Phi) is 13.4. The van der Waals surface area contributed by atoms with Gasteiger partial charge in [0, 0.05) is 62.5 Å². The van der Waals surface area contributed by atoms with E-state index < -0.39 is 0 Å². The number of hydrogen-bond donors (Lipinski definition) is 2. The van der Waals surface area contributed by atoms with Crippen molar-refractivity contribution in [3.8, 4) is 11.5 Å². The molecule has 0 aliphatic heterocycles. The summed E-state index contributed by atoms with van der Waals surface area (Å²) in [5.41, 5.74) is 14.0. The first-order valence-electron chi connectivity index (χ1n) is 27.7. The van der Waals surface area contributed by atoms with Crippen molar-refractivity contribution in [2.75, 3.05) is 0 Å². The highest BCUT2D eigenvalue weighted by Gasteiger charge is 2.60. The quantitative estimate of drug-likeness (QED) is 0.113. The van der Waals surface area contributed by atoms with Crippen molar-refractivity contribution in [2.45, 2.75) is 164 Å². The number of aromatic hydroxyl groups is 2. The van der Waals surface area contributed by atoms with Gasteiger partial charge in [-0.05, 0) is 206 Å². The van der Waals surface area contributed by atoms with Crippen LogP contribution in [0, 0.1) is 23.7 Å². The minimum Gasteiger partial charge on any atom is -0.508 e. The van der Waals surface area contributed by atoms with E-state index in [1.54, 1.807) is 0 Å². The summed E-state index contributed by atoms with van der Waals surface area (Å²) < 4.78 is 4.15. The first kappa shape index (κ1) is 48.5. The number of hydrogen-bond acceptors (Lipinski definition) is 6. The number of nitrogens with zero attached hydrogens (tertiary/aromatic N) is 4. The second kappa shape index (κ2) is 19.9. The van der Waals surface area contributed by atoms with Gasteiger partial charge in [-0.15, -0.1) is 0 Å². The van der Waals surface area contributed by atoms with E-state index in [0.29, 0.717) is 96.1 Å². The molecule has 0 amide bonds. The molecule has 4 aromatic carbocycles. The highest BCUT2D eigenvalue weighted by molar-refractivity contribution is 5.79. The number of rotatable bonds is 14. The Morgan fingerprint density at radius 1 is 0.611 bits per heavy atom. The number of ketones is 2. The Bertz CT molecular complexity index is 2860. The maximum Gasteiger partial charge on any atom is 0.133 e. The maximum absolute atomic E-state index is 12.7. The number of carbonyl (C=O) groups is 2. The summed E-state index contributed by atoms with van der Waals surface area (Å²) in [6.07, 6.45) is 22.0. The Morgan fingerprint density at radius 2 is 1.11 bits per heavy atom. The SMILES string of the molecule is Cn1cc2c(n1)[C@@]1(C)CC[C@@H]3c4ccc(O)cc4CC[C@H]3[C@@H]1[C@@H]2CCCC(=O)CCc1ccccc1.Cn1ncc2c1[C@@]1(C)CC[C@@H]3c4ccc(O)cc4CC[C@H]3[C@@H]1[C@@H]2CCCC(=O)CCc1ccccc1. The van der Waals surface area contributed by atoms with E-state index in [0.717, 1.165) is 57.8 Å². The molecule has 2 aromatic heterocycles. The minimum atomic E-state index is 0.119. The van der Waals surface area contributed by atoms with Crippen LogP contribution in [0.2, 0.25) is 0 Å². The second-order valence-corrected chi connectivity index (χ2v) is 23.6. The molecule has 0 bridgehead atoms. The third-order valence-electron chi connectivity index (χ3n) is 19.5. The van der Waals surface area contributed by atoms with E-state index in [1.165, 1.54) is 88.0 Å². The topological polar surface area (TPSA) is 110 Å². The molecule has 376 valence electrons. The third kappa shape index (κ3) is 8.97. The number of benzene rings is 4. The van der Waals surface area contributed by atoms with Gasteiger partial charge >= 0.3 is 0 Å². The van der Waals surface area contributed by atoms with Crippen LogP contribution in [-0.4, -0.2) is 41.3 Å². The van der Waals surface area contributed by atoms with Gasteiger partial charge in [0.2, 0.25) is 0 Å². The van der Waals surface area contributed by atoms with Crippen LogP contribution in [-0.2, 0) is 60.2 Å². The van der Waals surface area contributed by atoms with Gasteiger partial charge in [-0.2, -0.15) is 10.2 Å². The molecule has 72 heavy (non-hydrogen) atoms. The van der Waals surface area contributed by atoms with Gasteiger partial charge in [-0.1, -0.05) is 86.6 Å². The Morgan fingerprint density at radius 3 is 1.65 bits per heavy atom. The van der Waals surface area contributed by atoms with Gasteiger partial charge in [0.05, 0.1) is 11.9 Å². The number of carbonyl (C=O) groups excluding carboxylic acids is 2. The lowest BCUT2D eigenvalue weighted by Gasteiger charge is -2.51. The molecule has 2 N–H and O–H groups in total. The Hall–Kier alpha value is -5.76. The molecule has 8 nitrogen and oxygen atoms in total. The molecule has 0 unspecified atom stereocenters. The molecule has 12 rings (SSSR count). The van der Waals surface area contributed by atoms with E-state index in [1.807, 2.05) is 65.3 Å². The number of phenols is 2. The zero-order chi connectivity index (χ0) is 49.7. The fourth-order valence-corrected chi connectivity index (χ4v) is 16.5. The van der Waals surface area contributed by atoms with Gasteiger partial charge in [0.1, 0.15) is 23.1 Å². The van der Waals surface area contributed by atoms with E-state index >= 15 is 0 Å². The molecule has 0 saturated heterocycles. The van der Waals surface area contributed by atoms with Crippen molar-refractivity contribution < 1.29 is 19.8 Å². The van der Waals surface area contributed by atoms with Crippen LogP contribution in [0.15, 0.2) is 109 Å². The summed E-state index contributed by atoms with van der Waals surface area (Å²) in [5.74, 6) is 6.11. The van der Waals surface area contributed by atoms with Crippen molar-refractivity contribution >= 4 is 11.6 Å². The molecule has 2 fully saturated rings. The standard InChI is InChI=1S/2C32H38N2O2/c1-32-18-17-26-25-16-14-24(36)19-22(25)12-15-28(26)30(32)27(29-20-34(2)33-31(29)32)10-6-9-23(35)13-11-21-7-4-3-5-8-21;1-32-18-17-26-25-16-14-24(36)19-22(25)12-15-28(26)30(32)27(29-20-33-34(2)31(29)32)10-6-9-23(35)13-11-21-7-4-3-5-8-21/h2*3-5,7-8,14,16,19-20,26-28,30,36H,6,9-13,15,17-18H2,1-2H3/t2*26-,27-,28-,30+,32+/m11/s1. The fourth-order valence-electron chi connectivity index (χ4n) is 16.5. The molecule has 10 atom stereocenters. The van der Waals surface area contributed by atoms with Crippen LogP contribution >= 0.6 is 0 Å². The lowest BCUT2D eigenvalue weighted by atomic mass is 9.53. The average molecular weight is 965 g/mol. The molecular weight excluding hydrogens is 889 g/mol. The zero-order valence-corrected chi connectivity index (χ0v) is 43.2. The average Bonchev–Trinajstić information content (AvgIpc) is 4.11. The predicted octanol–water partition coefficient (Wildman–Crippen LogP) is 13.2. The van der Waals surface area contributed by atoms with Crippen molar-refractivity contribution in [2.24, 2.45) is 37.8 Å². The molecule has 2 saturated carbocycles. The number of aromatic nitrogens is 4. The molecule has 0 spiro atoms. The van der Waals surface area contributed by atoms with Crippen molar-refractivity contribution in [1.29, 1.82) is 0 Å². The van der Waals surface area contributed by atoms with Gasteiger partial charge in [0.15, 0.2) is 0 Å². The molecular formula is C64H76N4O4. The molecule has 6 aliphatic rings. The smallest absolute Gasteiger partial charge is 0.133 e. The summed E-state index contributed by atoms with van der Waals surface area (Å²) in [5, 5.41) is 29.8. The monoisotopic (exact) mass is 965 g/mol. The van der Waals surface area contributed by atoms with Crippen LogP contribution in [0.5, 0.6) is 11.5 Å². The molecule has 2 heterocycles. The number of Topliss-reactive ketones (excluding diaryl/α,β-unsaturated/α-hetero) is 2. The van der Waals surface area contributed by atoms with E-state index in [4.69, 9.17) is 10.2 Å². The molecule has 6 aliphatic carbocycles. The Labute approximate surface area is 427 Å². The normalized spacial score (nSPS) is 28.2. The maximum atomic E-state index is 12.7. The summed E-state index contributed by atoms with van der Waals surface area (Å²) >= 11 is 0. The first-order chi connectivity index (χ1) is 34.9. The first-order valence-corrected chi connectivity index (χ1v) is 27.7. The summed E-state index contributed by atoms with van der Waals surface area (Å²) in [4.78, 5) is 25.5. The summed E-state index contributed by atoms with van der Waals surface area (Å²) in [7, 11) is 4.16. The molecule has 8 heteroatoms. The van der Waals surface area contributed by atoms with E-state index in [2.05, 4.69) is 81.4 Å². The van der Waals surface area contributed by atoms with Gasteiger partial charge < -0.3 is 10.2 Å². The van der Waals surface area contributed by atoms with Gasteiger partial charge in [-0.25, -0.2) is 0 Å². The lowest BCUT2D eigenvalue weighted by Crippen LogP contribution is -2.45. The van der Waals surface area contributed by atoms with Crippen LogP contribution < -0.4 is 0 Å².